The zero-order valence-electron chi connectivity index (χ0n) is 16.0. The van der Waals surface area contributed by atoms with Crippen LogP contribution in [0.4, 0.5) is 4.39 Å². The highest BCUT2D eigenvalue weighted by Crippen LogP contribution is 2.25. The van der Waals surface area contributed by atoms with Crippen molar-refractivity contribution in [2.75, 3.05) is 40.4 Å². The Kier molecular flexibility index (Phi) is 6.13. The normalized spacial score (nSPS) is 14.0. The van der Waals surface area contributed by atoms with Crippen molar-refractivity contribution in [2.45, 2.75) is 6.42 Å². The summed E-state index contributed by atoms with van der Waals surface area (Å²) in [6.07, 6.45) is 0.193. The molecule has 28 heavy (non-hydrogen) atoms. The van der Waals surface area contributed by atoms with Crippen LogP contribution < -0.4 is 9.47 Å². The van der Waals surface area contributed by atoms with Gasteiger partial charge in [0.1, 0.15) is 17.3 Å². The summed E-state index contributed by atoms with van der Waals surface area (Å²) in [4.78, 5) is 28.6. The van der Waals surface area contributed by atoms with Gasteiger partial charge < -0.3 is 19.3 Å². The van der Waals surface area contributed by atoms with Crippen molar-refractivity contribution in [1.29, 1.82) is 0 Å². The second kappa shape index (κ2) is 8.73. The van der Waals surface area contributed by atoms with Gasteiger partial charge in [-0.25, -0.2) is 4.39 Å². The molecular weight excluding hydrogens is 363 g/mol. The number of ether oxygens (including phenoxy) is 2. The first-order valence-electron chi connectivity index (χ1n) is 9.05. The smallest absolute Gasteiger partial charge is 0.254 e. The van der Waals surface area contributed by atoms with Gasteiger partial charge >= 0.3 is 0 Å². The van der Waals surface area contributed by atoms with E-state index in [-0.39, 0.29) is 18.2 Å². The molecule has 1 aliphatic rings. The molecule has 0 atom stereocenters. The summed E-state index contributed by atoms with van der Waals surface area (Å²) < 4.78 is 23.9. The first-order valence-corrected chi connectivity index (χ1v) is 9.05. The third-order valence-corrected chi connectivity index (χ3v) is 4.82. The van der Waals surface area contributed by atoms with Crippen LogP contribution in [0.3, 0.4) is 0 Å². The maximum atomic E-state index is 13.3. The zero-order valence-corrected chi connectivity index (χ0v) is 16.0. The molecule has 2 aromatic carbocycles. The standard InChI is InChI=1S/C21H23FN2O4/c1-27-18-6-7-19(28-2)16(13-18)14-20(25)23-8-10-24(11-9-23)21(26)15-4-3-5-17(22)12-15/h3-7,12-13H,8-11,14H2,1-2H3. The van der Waals surface area contributed by atoms with Crippen molar-refractivity contribution in [3.05, 3.63) is 59.4 Å². The number of methoxy groups -OCH3 is 2. The molecule has 0 spiro atoms. The maximum Gasteiger partial charge on any atom is 0.254 e. The van der Waals surface area contributed by atoms with Crippen LogP contribution in [0.1, 0.15) is 15.9 Å². The summed E-state index contributed by atoms with van der Waals surface area (Å²) in [5.41, 5.74) is 1.08. The van der Waals surface area contributed by atoms with E-state index in [9.17, 15) is 14.0 Å². The van der Waals surface area contributed by atoms with Crippen molar-refractivity contribution in [2.24, 2.45) is 0 Å². The molecule has 2 amide bonds. The van der Waals surface area contributed by atoms with Gasteiger partial charge in [0, 0.05) is 37.3 Å². The number of carbonyl (C=O) groups excluding carboxylic acids is 2. The van der Waals surface area contributed by atoms with Gasteiger partial charge in [0.15, 0.2) is 0 Å². The van der Waals surface area contributed by atoms with Gasteiger partial charge in [-0.2, -0.15) is 0 Å². The molecular formula is C21H23FN2O4. The highest BCUT2D eigenvalue weighted by Gasteiger charge is 2.25. The molecule has 0 radical (unpaired) electrons. The molecule has 0 saturated carbocycles. The molecule has 3 rings (SSSR count). The minimum absolute atomic E-state index is 0.0376. The lowest BCUT2D eigenvalue weighted by atomic mass is 10.1. The van der Waals surface area contributed by atoms with Crippen LogP contribution in [0.25, 0.3) is 0 Å². The molecule has 0 aliphatic carbocycles. The van der Waals surface area contributed by atoms with Gasteiger partial charge in [-0.3, -0.25) is 9.59 Å². The van der Waals surface area contributed by atoms with Gasteiger partial charge in [-0.15, -0.1) is 0 Å². The predicted molar refractivity (Wildman–Crippen MR) is 102 cm³/mol. The fraction of sp³-hybridized carbons (Fsp3) is 0.333. The fourth-order valence-electron chi connectivity index (χ4n) is 3.26. The fourth-order valence-corrected chi connectivity index (χ4v) is 3.26. The van der Waals surface area contributed by atoms with Crippen LogP contribution in [0.2, 0.25) is 0 Å². The van der Waals surface area contributed by atoms with Crippen LogP contribution in [-0.4, -0.2) is 62.0 Å². The average molecular weight is 386 g/mol. The first-order chi connectivity index (χ1) is 13.5. The summed E-state index contributed by atoms with van der Waals surface area (Å²) >= 11 is 0. The molecule has 0 bridgehead atoms. The predicted octanol–water partition coefficient (Wildman–Crippen LogP) is 2.37. The highest BCUT2D eigenvalue weighted by atomic mass is 19.1. The number of hydrogen-bond donors (Lipinski definition) is 0. The summed E-state index contributed by atoms with van der Waals surface area (Å²) in [5.74, 6) is 0.598. The Morgan fingerprint density at radius 1 is 0.964 bits per heavy atom. The Bertz CT molecular complexity index is 863. The molecule has 0 unspecified atom stereocenters. The van der Waals surface area contributed by atoms with E-state index in [1.807, 2.05) is 0 Å². The minimum Gasteiger partial charge on any atom is -0.497 e. The Hall–Kier alpha value is -3.09. The van der Waals surface area contributed by atoms with Crippen molar-refractivity contribution in [1.82, 2.24) is 9.80 Å². The summed E-state index contributed by atoms with van der Waals surface area (Å²) in [6, 6.07) is 11.0. The van der Waals surface area contributed by atoms with Crippen LogP contribution in [-0.2, 0) is 11.2 Å². The topological polar surface area (TPSA) is 59.1 Å². The number of amides is 2. The molecule has 0 N–H and O–H groups in total. The van der Waals surface area contributed by atoms with E-state index in [0.717, 1.165) is 5.56 Å². The molecule has 1 fully saturated rings. The van der Waals surface area contributed by atoms with Crippen LogP contribution >= 0.6 is 0 Å². The van der Waals surface area contributed by atoms with Crippen LogP contribution in [0.5, 0.6) is 11.5 Å². The average Bonchev–Trinajstić information content (AvgIpc) is 2.73. The van der Waals surface area contributed by atoms with Gasteiger partial charge in [-0.05, 0) is 36.4 Å². The van der Waals surface area contributed by atoms with E-state index in [0.29, 0.717) is 43.2 Å². The van der Waals surface area contributed by atoms with Crippen LogP contribution in [0.15, 0.2) is 42.5 Å². The van der Waals surface area contributed by atoms with E-state index >= 15 is 0 Å². The van der Waals surface area contributed by atoms with Gasteiger partial charge in [0.05, 0.1) is 20.6 Å². The van der Waals surface area contributed by atoms with Crippen molar-refractivity contribution in [3.8, 4) is 11.5 Å². The minimum atomic E-state index is -0.438. The van der Waals surface area contributed by atoms with Crippen molar-refractivity contribution in [3.63, 3.8) is 0 Å². The maximum absolute atomic E-state index is 13.3. The van der Waals surface area contributed by atoms with Gasteiger partial charge in [0.25, 0.3) is 5.91 Å². The molecule has 1 saturated heterocycles. The number of nitrogens with zero attached hydrogens (tertiary/aromatic N) is 2. The van der Waals surface area contributed by atoms with E-state index in [4.69, 9.17) is 9.47 Å². The third-order valence-electron chi connectivity index (χ3n) is 4.82. The molecule has 2 aromatic rings. The van der Waals surface area contributed by atoms with Crippen molar-refractivity contribution < 1.29 is 23.5 Å². The van der Waals surface area contributed by atoms with Gasteiger partial charge in [0.2, 0.25) is 5.91 Å². The summed E-state index contributed by atoms with van der Waals surface area (Å²) in [6.45, 7) is 1.70. The van der Waals surface area contributed by atoms with Crippen molar-refractivity contribution >= 4 is 11.8 Å². The summed E-state index contributed by atoms with van der Waals surface area (Å²) in [5, 5.41) is 0. The monoisotopic (exact) mass is 386 g/mol. The van der Waals surface area contributed by atoms with Crippen LogP contribution in [0, 0.1) is 5.82 Å². The molecule has 7 heteroatoms. The first kappa shape index (κ1) is 19.7. The molecule has 148 valence electrons. The van der Waals surface area contributed by atoms with E-state index in [1.165, 1.54) is 18.2 Å². The SMILES string of the molecule is COc1ccc(OC)c(CC(=O)N2CCN(C(=O)c3cccc(F)c3)CC2)c1. The van der Waals surface area contributed by atoms with E-state index in [2.05, 4.69) is 0 Å². The van der Waals surface area contributed by atoms with E-state index in [1.54, 1.807) is 48.3 Å². The Morgan fingerprint density at radius 2 is 1.68 bits per heavy atom. The second-order valence-corrected chi connectivity index (χ2v) is 6.54. The number of piperazine rings is 1. The molecule has 1 heterocycles. The Balaban J connectivity index is 1.60. The number of carbonyl (C=O) groups is 2. The number of benzene rings is 2. The van der Waals surface area contributed by atoms with Gasteiger partial charge in [-0.1, -0.05) is 6.07 Å². The Morgan fingerprint density at radius 3 is 2.32 bits per heavy atom. The van der Waals surface area contributed by atoms with E-state index < -0.39 is 5.82 Å². The number of rotatable bonds is 5. The number of halogens is 1. The summed E-state index contributed by atoms with van der Waals surface area (Å²) in [7, 11) is 3.13. The Labute approximate surface area is 163 Å². The number of hydrogen-bond acceptors (Lipinski definition) is 4. The molecule has 1 aliphatic heterocycles. The highest BCUT2D eigenvalue weighted by molar-refractivity contribution is 5.94. The molecule has 0 aromatic heterocycles. The zero-order chi connectivity index (χ0) is 20.1. The molecule has 6 nitrogen and oxygen atoms in total. The lowest BCUT2D eigenvalue weighted by Crippen LogP contribution is -2.51. The lowest BCUT2D eigenvalue weighted by Gasteiger charge is -2.35. The second-order valence-electron chi connectivity index (χ2n) is 6.54. The quantitative estimate of drug-likeness (QED) is 0.792. The lowest BCUT2D eigenvalue weighted by molar-refractivity contribution is -0.131. The third kappa shape index (κ3) is 4.42. The largest absolute Gasteiger partial charge is 0.497 e.